The van der Waals surface area contributed by atoms with Crippen molar-refractivity contribution in [1.82, 2.24) is 0 Å². The van der Waals surface area contributed by atoms with Crippen molar-refractivity contribution in [2.24, 2.45) is 11.8 Å². The summed E-state index contributed by atoms with van der Waals surface area (Å²) in [6.07, 6.45) is 5.59. The van der Waals surface area contributed by atoms with Crippen LogP contribution in [0.15, 0.2) is 18.2 Å². The molecule has 0 heterocycles. The number of ether oxygens (including phenoxy) is 1. The van der Waals surface area contributed by atoms with E-state index in [4.69, 9.17) is 4.74 Å². The Labute approximate surface area is 111 Å². The third-order valence-corrected chi connectivity index (χ3v) is 3.79. The normalized spacial score (nSPS) is 23.1. The van der Waals surface area contributed by atoms with Crippen molar-refractivity contribution in [3.63, 3.8) is 0 Å². The van der Waals surface area contributed by atoms with Crippen molar-refractivity contribution in [1.29, 1.82) is 0 Å². The van der Waals surface area contributed by atoms with Crippen LogP contribution in [0.1, 0.15) is 32.1 Å². The second-order valence-corrected chi connectivity index (χ2v) is 5.15. The SMILES string of the molecule is O=CCC1CCC(COc2cccc(F)c2F)CC1. The Balaban J connectivity index is 1.80. The number of carbonyl (C=O) groups excluding carboxylic acids is 1. The second-order valence-electron chi connectivity index (χ2n) is 5.15. The minimum atomic E-state index is -0.919. The fourth-order valence-corrected chi connectivity index (χ4v) is 2.57. The van der Waals surface area contributed by atoms with E-state index in [1.165, 1.54) is 12.1 Å². The maximum absolute atomic E-state index is 13.4. The minimum Gasteiger partial charge on any atom is -0.490 e. The lowest BCUT2D eigenvalue weighted by molar-refractivity contribution is -0.108. The van der Waals surface area contributed by atoms with E-state index in [1.54, 1.807) is 0 Å². The Morgan fingerprint density at radius 3 is 2.53 bits per heavy atom. The van der Waals surface area contributed by atoms with Gasteiger partial charge in [-0.2, -0.15) is 4.39 Å². The maximum atomic E-state index is 13.4. The average molecular weight is 268 g/mol. The molecular formula is C15H18F2O2. The number of hydrogen-bond donors (Lipinski definition) is 0. The number of benzene rings is 1. The highest BCUT2D eigenvalue weighted by Gasteiger charge is 2.21. The average Bonchev–Trinajstić information content (AvgIpc) is 2.42. The van der Waals surface area contributed by atoms with Gasteiger partial charge in [0.2, 0.25) is 5.82 Å². The Bertz CT molecular complexity index is 426. The molecule has 1 aliphatic carbocycles. The first-order chi connectivity index (χ1) is 9.20. The molecule has 104 valence electrons. The van der Waals surface area contributed by atoms with Crippen LogP contribution in [0.5, 0.6) is 5.75 Å². The molecule has 0 spiro atoms. The van der Waals surface area contributed by atoms with E-state index in [-0.39, 0.29) is 5.75 Å². The summed E-state index contributed by atoms with van der Waals surface area (Å²) in [5, 5.41) is 0. The van der Waals surface area contributed by atoms with Crippen LogP contribution in [0.25, 0.3) is 0 Å². The summed E-state index contributed by atoms with van der Waals surface area (Å²) in [5.74, 6) is -0.968. The van der Waals surface area contributed by atoms with Crippen molar-refractivity contribution >= 4 is 6.29 Å². The quantitative estimate of drug-likeness (QED) is 0.760. The van der Waals surface area contributed by atoms with Crippen LogP contribution in [0.3, 0.4) is 0 Å². The molecule has 4 heteroatoms. The number of hydrogen-bond acceptors (Lipinski definition) is 2. The number of carbonyl (C=O) groups is 1. The Hall–Kier alpha value is -1.45. The van der Waals surface area contributed by atoms with Gasteiger partial charge in [-0.3, -0.25) is 0 Å². The van der Waals surface area contributed by atoms with E-state index >= 15 is 0 Å². The van der Waals surface area contributed by atoms with Gasteiger partial charge in [-0.25, -0.2) is 4.39 Å². The monoisotopic (exact) mass is 268 g/mol. The van der Waals surface area contributed by atoms with E-state index < -0.39 is 11.6 Å². The fraction of sp³-hybridized carbons (Fsp3) is 0.533. The molecule has 0 N–H and O–H groups in total. The summed E-state index contributed by atoms with van der Waals surface area (Å²) in [6.45, 7) is 0.411. The van der Waals surface area contributed by atoms with Gasteiger partial charge in [0.1, 0.15) is 6.29 Å². The summed E-state index contributed by atoms with van der Waals surface area (Å²) in [6, 6.07) is 3.96. The van der Waals surface area contributed by atoms with Crippen LogP contribution in [0.4, 0.5) is 8.78 Å². The molecule has 0 amide bonds. The van der Waals surface area contributed by atoms with Crippen molar-refractivity contribution in [3.8, 4) is 5.75 Å². The van der Waals surface area contributed by atoms with Gasteiger partial charge in [0.15, 0.2) is 11.6 Å². The van der Waals surface area contributed by atoms with E-state index in [0.29, 0.717) is 24.9 Å². The fourth-order valence-electron chi connectivity index (χ4n) is 2.57. The number of rotatable bonds is 5. The molecule has 0 unspecified atom stereocenters. The standard InChI is InChI=1S/C15H18F2O2/c16-13-2-1-3-14(15(13)17)19-10-12-6-4-11(5-7-12)8-9-18/h1-3,9,11-12H,4-8,10H2. The van der Waals surface area contributed by atoms with Crippen molar-refractivity contribution in [2.45, 2.75) is 32.1 Å². The predicted molar refractivity (Wildman–Crippen MR) is 68.0 cm³/mol. The lowest BCUT2D eigenvalue weighted by Gasteiger charge is -2.27. The molecule has 1 saturated carbocycles. The van der Waals surface area contributed by atoms with E-state index in [1.807, 2.05) is 0 Å². The van der Waals surface area contributed by atoms with Gasteiger partial charge in [0.25, 0.3) is 0 Å². The summed E-state index contributed by atoms with van der Waals surface area (Å²) in [7, 11) is 0. The molecular weight excluding hydrogens is 250 g/mol. The smallest absolute Gasteiger partial charge is 0.200 e. The lowest BCUT2D eigenvalue weighted by atomic mass is 9.81. The molecule has 2 rings (SSSR count). The number of aldehydes is 1. The molecule has 19 heavy (non-hydrogen) atoms. The van der Waals surface area contributed by atoms with Crippen molar-refractivity contribution < 1.29 is 18.3 Å². The van der Waals surface area contributed by atoms with Gasteiger partial charge >= 0.3 is 0 Å². The molecule has 1 aromatic rings. The van der Waals surface area contributed by atoms with Crippen molar-refractivity contribution in [2.75, 3.05) is 6.61 Å². The van der Waals surface area contributed by atoms with Gasteiger partial charge in [0, 0.05) is 6.42 Å². The summed E-state index contributed by atoms with van der Waals surface area (Å²) in [4.78, 5) is 10.4. The first-order valence-electron chi connectivity index (χ1n) is 6.71. The second kappa shape index (κ2) is 6.64. The van der Waals surface area contributed by atoms with Gasteiger partial charge in [0.05, 0.1) is 6.61 Å². The predicted octanol–water partition coefficient (Wildman–Crippen LogP) is 3.74. The zero-order chi connectivity index (χ0) is 13.7. The summed E-state index contributed by atoms with van der Waals surface area (Å²) in [5.41, 5.74) is 0. The Kier molecular flexibility index (Phi) is 4.88. The summed E-state index contributed by atoms with van der Waals surface area (Å²) < 4.78 is 31.7. The molecule has 1 aliphatic rings. The molecule has 1 fully saturated rings. The third kappa shape index (κ3) is 3.75. The Morgan fingerprint density at radius 2 is 1.84 bits per heavy atom. The Morgan fingerprint density at radius 1 is 1.16 bits per heavy atom. The van der Waals surface area contributed by atoms with Gasteiger partial charge in [-0.15, -0.1) is 0 Å². The molecule has 0 aliphatic heterocycles. The van der Waals surface area contributed by atoms with E-state index in [0.717, 1.165) is 38.0 Å². The molecule has 0 saturated heterocycles. The number of halogens is 2. The first-order valence-corrected chi connectivity index (χ1v) is 6.71. The lowest BCUT2D eigenvalue weighted by Crippen LogP contribution is -2.20. The highest BCUT2D eigenvalue weighted by Crippen LogP contribution is 2.31. The maximum Gasteiger partial charge on any atom is 0.200 e. The van der Waals surface area contributed by atoms with Gasteiger partial charge < -0.3 is 9.53 Å². The summed E-state index contributed by atoms with van der Waals surface area (Å²) >= 11 is 0. The first kappa shape index (κ1) is 14.0. The molecule has 0 bridgehead atoms. The van der Waals surface area contributed by atoms with E-state index in [9.17, 15) is 13.6 Å². The molecule has 0 aromatic heterocycles. The van der Waals surface area contributed by atoms with Crippen LogP contribution < -0.4 is 4.74 Å². The zero-order valence-electron chi connectivity index (χ0n) is 10.8. The highest BCUT2D eigenvalue weighted by molar-refractivity contribution is 5.49. The minimum absolute atomic E-state index is 0.0185. The molecule has 0 radical (unpaired) electrons. The van der Waals surface area contributed by atoms with Crippen LogP contribution >= 0.6 is 0 Å². The van der Waals surface area contributed by atoms with Crippen LogP contribution in [-0.4, -0.2) is 12.9 Å². The van der Waals surface area contributed by atoms with Crippen molar-refractivity contribution in [3.05, 3.63) is 29.8 Å². The van der Waals surface area contributed by atoms with Crippen LogP contribution in [-0.2, 0) is 4.79 Å². The largest absolute Gasteiger partial charge is 0.490 e. The highest BCUT2D eigenvalue weighted by atomic mass is 19.2. The zero-order valence-corrected chi connectivity index (χ0v) is 10.8. The van der Waals surface area contributed by atoms with E-state index in [2.05, 4.69) is 0 Å². The molecule has 0 atom stereocenters. The van der Waals surface area contributed by atoms with Crippen LogP contribution in [0.2, 0.25) is 0 Å². The van der Waals surface area contributed by atoms with Gasteiger partial charge in [-0.1, -0.05) is 6.07 Å². The van der Waals surface area contributed by atoms with Crippen LogP contribution in [0, 0.1) is 23.5 Å². The molecule has 1 aromatic carbocycles. The van der Waals surface area contributed by atoms with Gasteiger partial charge in [-0.05, 0) is 49.7 Å². The molecule has 2 nitrogen and oxygen atoms in total. The topological polar surface area (TPSA) is 26.3 Å². The third-order valence-electron chi connectivity index (χ3n) is 3.79.